The molecule has 21 heavy (non-hydrogen) atoms. The smallest absolute Gasteiger partial charge is 0.309 e. The third-order valence-corrected chi connectivity index (χ3v) is 4.80. The van der Waals surface area contributed by atoms with E-state index in [1.54, 1.807) is 11.3 Å². The van der Waals surface area contributed by atoms with Crippen LogP contribution in [0, 0.1) is 0 Å². The topological polar surface area (TPSA) is 12.0 Å². The molecule has 3 rings (SSSR count). The fraction of sp³-hybridized carbons (Fsp3) is 0.333. The molecule has 0 amide bonds. The van der Waals surface area contributed by atoms with Crippen LogP contribution in [0.3, 0.4) is 0 Å². The molecular weight excluding hydrogens is 319 g/mol. The predicted molar refractivity (Wildman–Crippen MR) is 79.6 cm³/mol. The number of benzene rings is 1. The van der Waals surface area contributed by atoms with E-state index >= 15 is 0 Å². The Morgan fingerprint density at radius 2 is 1.95 bits per heavy atom. The maximum absolute atomic E-state index is 12.6. The number of hydrogen-bond acceptors (Lipinski definition) is 2. The predicted octanol–water partition coefficient (Wildman–Crippen LogP) is 5.34. The van der Waals surface area contributed by atoms with Crippen LogP contribution in [-0.4, -0.2) is 6.04 Å². The lowest BCUT2D eigenvalue weighted by molar-refractivity contribution is -0.137. The molecule has 0 unspecified atom stereocenters. The highest BCUT2D eigenvalue weighted by molar-refractivity contribution is 7.15. The molecule has 0 spiro atoms. The molecule has 0 bridgehead atoms. The summed E-state index contributed by atoms with van der Waals surface area (Å²) in [4.78, 5) is 2.05. The van der Waals surface area contributed by atoms with Gasteiger partial charge in [0.15, 0.2) is 0 Å². The first-order chi connectivity index (χ1) is 9.93. The van der Waals surface area contributed by atoms with E-state index in [0.29, 0.717) is 11.6 Å². The highest BCUT2D eigenvalue weighted by Crippen LogP contribution is 2.38. The van der Waals surface area contributed by atoms with Gasteiger partial charge in [0, 0.05) is 32.9 Å². The average molecular weight is 332 g/mol. The minimum atomic E-state index is -4.36. The summed E-state index contributed by atoms with van der Waals surface area (Å²) in [5, 5.41) is 3.54. The maximum atomic E-state index is 12.6. The van der Waals surface area contributed by atoms with Crippen LogP contribution in [0.2, 0.25) is 5.02 Å². The fourth-order valence-electron chi connectivity index (χ4n) is 2.04. The zero-order valence-corrected chi connectivity index (χ0v) is 12.6. The SMILES string of the molecule is FC(F)(F)c1ccc(-c2ccc(CNC3CC3)s2)c(Cl)c1. The monoisotopic (exact) mass is 331 g/mol. The van der Waals surface area contributed by atoms with Gasteiger partial charge in [0.1, 0.15) is 0 Å². The number of hydrogen-bond donors (Lipinski definition) is 1. The number of nitrogens with one attached hydrogen (secondary N) is 1. The lowest BCUT2D eigenvalue weighted by Crippen LogP contribution is -2.14. The Kier molecular flexibility index (Phi) is 3.99. The van der Waals surface area contributed by atoms with Crippen molar-refractivity contribution in [2.45, 2.75) is 31.6 Å². The maximum Gasteiger partial charge on any atom is 0.416 e. The summed E-state index contributed by atoms with van der Waals surface area (Å²) in [6.07, 6.45) is -1.91. The van der Waals surface area contributed by atoms with Gasteiger partial charge in [-0.1, -0.05) is 17.7 Å². The van der Waals surface area contributed by atoms with Gasteiger partial charge in [-0.15, -0.1) is 11.3 Å². The standard InChI is InChI=1S/C15H13ClF3NS/c16-13-7-9(15(17,18)19)1-5-12(13)14-6-4-11(21-14)8-20-10-2-3-10/h1,4-7,10,20H,2-3,8H2. The molecule has 1 nitrogen and oxygen atoms in total. The first kappa shape index (κ1) is 14.9. The molecule has 1 aliphatic rings. The van der Waals surface area contributed by atoms with Gasteiger partial charge in [0.05, 0.1) is 5.56 Å². The summed E-state index contributed by atoms with van der Waals surface area (Å²) >= 11 is 7.56. The zero-order chi connectivity index (χ0) is 15.0. The third-order valence-electron chi connectivity index (χ3n) is 3.37. The number of thiophene rings is 1. The lowest BCUT2D eigenvalue weighted by atomic mass is 10.1. The zero-order valence-electron chi connectivity index (χ0n) is 11.0. The molecule has 0 saturated heterocycles. The Morgan fingerprint density at radius 3 is 2.57 bits per heavy atom. The van der Waals surface area contributed by atoms with Crippen LogP contribution in [0.15, 0.2) is 30.3 Å². The van der Waals surface area contributed by atoms with Crippen LogP contribution in [0.4, 0.5) is 13.2 Å². The first-order valence-corrected chi connectivity index (χ1v) is 7.82. The van der Waals surface area contributed by atoms with Crippen LogP contribution in [0.5, 0.6) is 0 Å². The van der Waals surface area contributed by atoms with E-state index in [1.165, 1.54) is 18.9 Å². The molecule has 1 aromatic heterocycles. The minimum absolute atomic E-state index is 0.133. The van der Waals surface area contributed by atoms with E-state index < -0.39 is 11.7 Å². The molecule has 1 heterocycles. The summed E-state index contributed by atoms with van der Waals surface area (Å²) in [7, 11) is 0. The van der Waals surface area contributed by atoms with Crippen LogP contribution < -0.4 is 5.32 Å². The highest BCUT2D eigenvalue weighted by Gasteiger charge is 2.31. The van der Waals surface area contributed by atoms with Crippen molar-refractivity contribution in [3.05, 3.63) is 45.8 Å². The molecule has 1 saturated carbocycles. The second kappa shape index (κ2) is 5.63. The third kappa shape index (κ3) is 3.59. The van der Waals surface area contributed by atoms with Crippen LogP contribution in [0.1, 0.15) is 23.3 Å². The summed E-state index contributed by atoms with van der Waals surface area (Å²) in [6, 6.07) is 8.02. The molecule has 112 valence electrons. The summed E-state index contributed by atoms with van der Waals surface area (Å²) in [5.41, 5.74) is -0.0734. The van der Waals surface area contributed by atoms with Crippen LogP contribution in [0.25, 0.3) is 10.4 Å². The van der Waals surface area contributed by atoms with E-state index in [9.17, 15) is 13.2 Å². The van der Waals surface area contributed by atoms with Crippen LogP contribution in [-0.2, 0) is 12.7 Å². The molecule has 6 heteroatoms. The van der Waals surface area contributed by atoms with Gasteiger partial charge < -0.3 is 5.32 Å². The van der Waals surface area contributed by atoms with Gasteiger partial charge >= 0.3 is 6.18 Å². The Balaban J connectivity index is 1.79. The van der Waals surface area contributed by atoms with Gasteiger partial charge in [-0.3, -0.25) is 0 Å². The van der Waals surface area contributed by atoms with Gasteiger partial charge in [-0.05, 0) is 37.1 Å². The Morgan fingerprint density at radius 1 is 1.19 bits per heavy atom. The quantitative estimate of drug-likeness (QED) is 0.797. The molecule has 0 aliphatic heterocycles. The van der Waals surface area contributed by atoms with Gasteiger partial charge in [-0.2, -0.15) is 13.2 Å². The molecule has 0 atom stereocenters. The van der Waals surface area contributed by atoms with E-state index in [1.807, 2.05) is 12.1 Å². The first-order valence-electron chi connectivity index (χ1n) is 6.63. The second-order valence-corrected chi connectivity index (χ2v) is 6.69. The Hall–Kier alpha value is -1.04. The fourth-order valence-corrected chi connectivity index (χ4v) is 3.38. The Labute approximate surface area is 129 Å². The molecule has 2 aromatic rings. The van der Waals surface area contributed by atoms with Gasteiger partial charge in [0.25, 0.3) is 0 Å². The molecule has 1 N–H and O–H groups in total. The van der Waals surface area contributed by atoms with E-state index in [0.717, 1.165) is 28.4 Å². The summed E-state index contributed by atoms with van der Waals surface area (Å²) in [6.45, 7) is 0.799. The summed E-state index contributed by atoms with van der Waals surface area (Å²) in [5.74, 6) is 0. The molecule has 1 aliphatic carbocycles. The van der Waals surface area contributed by atoms with Crippen molar-refractivity contribution in [3.63, 3.8) is 0 Å². The van der Waals surface area contributed by atoms with E-state index in [-0.39, 0.29) is 5.02 Å². The molecular formula is C15H13ClF3NS. The van der Waals surface area contributed by atoms with Crippen molar-refractivity contribution in [2.75, 3.05) is 0 Å². The molecule has 1 aromatic carbocycles. The summed E-state index contributed by atoms with van der Waals surface area (Å²) < 4.78 is 37.9. The lowest BCUT2D eigenvalue weighted by Gasteiger charge is -2.09. The van der Waals surface area contributed by atoms with Crippen molar-refractivity contribution in [2.24, 2.45) is 0 Å². The molecule has 0 radical (unpaired) electrons. The van der Waals surface area contributed by atoms with Crippen molar-refractivity contribution in [1.82, 2.24) is 5.32 Å². The van der Waals surface area contributed by atoms with E-state index in [2.05, 4.69) is 5.32 Å². The van der Waals surface area contributed by atoms with Gasteiger partial charge in [-0.25, -0.2) is 0 Å². The number of rotatable bonds is 4. The van der Waals surface area contributed by atoms with Crippen LogP contribution >= 0.6 is 22.9 Å². The molecule has 1 fully saturated rings. The average Bonchev–Trinajstić information content (AvgIpc) is 3.13. The van der Waals surface area contributed by atoms with Crippen molar-refractivity contribution < 1.29 is 13.2 Å². The van der Waals surface area contributed by atoms with Crippen molar-refractivity contribution in [3.8, 4) is 10.4 Å². The minimum Gasteiger partial charge on any atom is -0.309 e. The number of alkyl halides is 3. The van der Waals surface area contributed by atoms with Gasteiger partial charge in [0.2, 0.25) is 0 Å². The van der Waals surface area contributed by atoms with Crippen molar-refractivity contribution in [1.29, 1.82) is 0 Å². The second-order valence-electron chi connectivity index (χ2n) is 5.11. The highest BCUT2D eigenvalue weighted by atomic mass is 35.5. The van der Waals surface area contributed by atoms with Crippen molar-refractivity contribution >= 4 is 22.9 Å². The largest absolute Gasteiger partial charge is 0.416 e. The van der Waals surface area contributed by atoms with E-state index in [4.69, 9.17) is 11.6 Å². The normalized spacial score (nSPS) is 15.4. The Bertz CT molecular complexity index is 647. The number of halogens is 4.